The van der Waals surface area contributed by atoms with Crippen molar-refractivity contribution in [2.75, 3.05) is 18.0 Å². The Bertz CT molecular complexity index is 425. The van der Waals surface area contributed by atoms with Crippen molar-refractivity contribution < 1.29 is 9.50 Å². The summed E-state index contributed by atoms with van der Waals surface area (Å²) in [6.45, 7) is 7.93. The molecule has 2 nitrogen and oxygen atoms in total. The highest BCUT2D eigenvalue weighted by molar-refractivity contribution is 5.47. The van der Waals surface area contributed by atoms with Gasteiger partial charge in [0, 0.05) is 19.0 Å². The van der Waals surface area contributed by atoms with E-state index in [4.69, 9.17) is 0 Å². The molecule has 1 aromatic rings. The second-order valence-corrected chi connectivity index (χ2v) is 6.28. The number of nitrogens with zero attached hydrogens (tertiary/aromatic N) is 1. The van der Waals surface area contributed by atoms with E-state index in [0.717, 1.165) is 25.9 Å². The molecule has 3 heteroatoms. The molecule has 1 aliphatic rings. The Hall–Kier alpha value is -1.09. The molecule has 0 aromatic heterocycles. The highest BCUT2D eigenvalue weighted by atomic mass is 19.1. The van der Waals surface area contributed by atoms with Crippen LogP contribution >= 0.6 is 0 Å². The number of aliphatic hydroxyl groups is 1. The number of halogens is 1. The number of aliphatic hydroxyl groups excluding tert-OH is 1. The van der Waals surface area contributed by atoms with Crippen LogP contribution in [-0.4, -0.2) is 24.3 Å². The lowest BCUT2D eigenvalue weighted by molar-refractivity contribution is 0.0201. The van der Waals surface area contributed by atoms with Crippen LogP contribution in [0.4, 0.5) is 10.1 Å². The normalized spacial score (nSPS) is 30.2. The summed E-state index contributed by atoms with van der Waals surface area (Å²) in [5.41, 5.74) is 0.646. The minimum absolute atomic E-state index is 0.180. The molecular formula is C17H26FNO. The standard InChI is InChI=1S/C17H26FNO/c1-4-19(16-8-6-5-7-15(16)18)11-14-13(3)9-12(2)10-17(14)20/h5-8,12-14,17,20H,4,9-11H2,1-3H3. The Kier molecular flexibility index (Phi) is 5.03. The fraction of sp³-hybridized carbons (Fsp3) is 0.647. The van der Waals surface area contributed by atoms with Gasteiger partial charge in [0.05, 0.1) is 11.8 Å². The molecule has 0 bridgehead atoms. The van der Waals surface area contributed by atoms with Crippen LogP contribution < -0.4 is 4.90 Å². The molecule has 1 saturated carbocycles. The van der Waals surface area contributed by atoms with E-state index in [1.165, 1.54) is 6.07 Å². The molecule has 1 N–H and O–H groups in total. The number of para-hydroxylation sites is 1. The number of rotatable bonds is 4. The van der Waals surface area contributed by atoms with Crippen LogP contribution in [0.25, 0.3) is 0 Å². The summed E-state index contributed by atoms with van der Waals surface area (Å²) in [5.74, 6) is 1.11. The van der Waals surface area contributed by atoms with Gasteiger partial charge in [-0.1, -0.05) is 26.0 Å². The topological polar surface area (TPSA) is 23.5 Å². The van der Waals surface area contributed by atoms with Crippen LogP contribution in [0.5, 0.6) is 0 Å². The van der Waals surface area contributed by atoms with Crippen molar-refractivity contribution in [2.45, 2.75) is 39.7 Å². The van der Waals surface area contributed by atoms with E-state index in [2.05, 4.69) is 18.7 Å². The Labute approximate surface area is 121 Å². The first-order valence-electron chi connectivity index (χ1n) is 7.70. The molecule has 0 amide bonds. The van der Waals surface area contributed by atoms with Gasteiger partial charge in [-0.15, -0.1) is 0 Å². The van der Waals surface area contributed by atoms with Gasteiger partial charge in [-0.25, -0.2) is 4.39 Å². The Morgan fingerprint density at radius 1 is 1.25 bits per heavy atom. The maximum atomic E-state index is 13.9. The summed E-state index contributed by atoms with van der Waals surface area (Å²) in [4.78, 5) is 2.05. The molecule has 4 atom stereocenters. The summed E-state index contributed by atoms with van der Waals surface area (Å²) in [6, 6.07) is 6.90. The second-order valence-electron chi connectivity index (χ2n) is 6.28. The lowest BCUT2D eigenvalue weighted by atomic mass is 9.73. The molecular weight excluding hydrogens is 253 g/mol. The number of anilines is 1. The molecule has 0 aliphatic heterocycles. The molecule has 0 saturated heterocycles. The van der Waals surface area contributed by atoms with Crippen molar-refractivity contribution >= 4 is 5.69 Å². The number of benzene rings is 1. The van der Waals surface area contributed by atoms with Gasteiger partial charge in [-0.2, -0.15) is 0 Å². The highest BCUT2D eigenvalue weighted by Gasteiger charge is 2.34. The second kappa shape index (κ2) is 6.57. The Balaban J connectivity index is 2.12. The summed E-state index contributed by atoms with van der Waals surface area (Å²) in [7, 11) is 0. The minimum Gasteiger partial charge on any atom is -0.393 e. The van der Waals surface area contributed by atoms with Crippen LogP contribution in [-0.2, 0) is 0 Å². The summed E-state index contributed by atoms with van der Waals surface area (Å²) >= 11 is 0. The molecule has 0 radical (unpaired) electrons. The summed E-state index contributed by atoms with van der Waals surface area (Å²) in [5, 5.41) is 10.3. The van der Waals surface area contributed by atoms with E-state index in [1.807, 2.05) is 19.1 Å². The zero-order valence-corrected chi connectivity index (χ0v) is 12.7. The van der Waals surface area contributed by atoms with Gasteiger partial charge in [0.1, 0.15) is 5.82 Å². The smallest absolute Gasteiger partial charge is 0.146 e. The van der Waals surface area contributed by atoms with Crippen molar-refractivity contribution in [3.05, 3.63) is 30.1 Å². The maximum absolute atomic E-state index is 13.9. The van der Waals surface area contributed by atoms with Gasteiger partial charge >= 0.3 is 0 Å². The van der Waals surface area contributed by atoms with E-state index >= 15 is 0 Å². The highest BCUT2D eigenvalue weighted by Crippen LogP contribution is 2.35. The minimum atomic E-state index is -0.269. The van der Waals surface area contributed by atoms with Gasteiger partial charge in [0.15, 0.2) is 0 Å². The molecule has 4 unspecified atom stereocenters. The first-order valence-corrected chi connectivity index (χ1v) is 7.70. The van der Waals surface area contributed by atoms with E-state index in [0.29, 0.717) is 17.5 Å². The zero-order valence-electron chi connectivity index (χ0n) is 12.7. The first kappa shape index (κ1) is 15.3. The lowest BCUT2D eigenvalue weighted by Crippen LogP contribution is -2.42. The predicted molar refractivity (Wildman–Crippen MR) is 81.3 cm³/mol. The van der Waals surface area contributed by atoms with E-state index in [9.17, 15) is 9.50 Å². The van der Waals surface area contributed by atoms with Gasteiger partial charge in [-0.3, -0.25) is 0 Å². The van der Waals surface area contributed by atoms with Gasteiger partial charge in [0.25, 0.3) is 0 Å². The van der Waals surface area contributed by atoms with Gasteiger partial charge < -0.3 is 10.0 Å². The summed E-state index contributed by atoms with van der Waals surface area (Å²) in [6.07, 6.45) is 1.75. The molecule has 1 fully saturated rings. The fourth-order valence-corrected chi connectivity index (χ4v) is 3.53. The quantitative estimate of drug-likeness (QED) is 0.908. The average molecular weight is 279 g/mol. The molecule has 0 spiro atoms. The lowest BCUT2D eigenvalue weighted by Gasteiger charge is -2.40. The third kappa shape index (κ3) is 3.32. The van der Waals surface area contributed by atoms with Crippen LogP contribution in [0.1, 0.15) is 33.6 Å². The predicted octanol–water partition coefficient (Wildman–Crippen LogP) is 3.70. The average Bonchev–Trinajstić information content (AvgIpc) is 2.39. The molecule has 1 aromatic carbocycles. The zero-order chi connectivity index (χ0) is 14.7. The van der Waals surface area contributed by atoms with E-state index < -0.39 is 0 Å². The third-order valence-electron chi connectivity index (χ3n) is 4.65. The maximum Gasteiger partial charge on any atom is 0.146 e. The van der Waals surface area contributed by atoms with Crippen molar-refractivity contribution in [1.82, 2.24) is 0 Å². The van der Waals surface area contributed by atoms with E-state index in [1.54, 1.807) is 6.07 Å². The van der Waals surface area contributed by atoms with E-state index in [-0.39, 0.29) is 17.8 Å². The van der Waals surface area contributed by atoms with Crippen LogP contribution in [0.3, 0.4) is 0 Å². The van der Waals surface area contributed by atoms with Crippen LogP contribution in [0.2, 0.25) is 0 Å². The Morgan fingerprint density at radius 3 is 2.55 bits per heavy atom. The third-order valence-corrected chi connectivity index (χ3v) is 4.65. The number of hydrogen-bond donors (Lipinski definition) is 1. The van der Waals surface area contributed by atoms with Gasteiger partial charge in [0.2, 0.25) is 0 Å². The van der Waals surface area contributed by atoms with Crippen molar-refractivity contribution in [2.24, 2.45) is 17.8 Å². The molecule has 2 rings (SSSR count). The molecule has 112 valence electrons. The van der Waals surface area contributed by atoms with Crippen LogP contribution in [0.15, 0.2) is 24.3 Å². The monoisotopic (exact) mass is 279 g/mol. The van der Waals surface area contributed by atoms with Crippen LogP contribution in [0, 0.1) is 23.6 Å². The largest absolute Gasteiger partial charge is 0.393 e. The fourth-order valence-electron chi connectivity index (χ4n) is 3.53. The summed E-state index contributed by atoms with van der Waals surface area (Å²) < 4.78 is 13.9. The molecule has 20 heavy (non-hydrogen) atoms. The van der Waals surface area contributed by atoms with Crippen molar-refractivity contribution in [3.63, 3.8) is 0 Å². The van der Waals surface area contributed by atoms with Crippen molar-refractivity contribution in [3.8, 4) is 0 Å². The molecule has 0 heterocycles. The SMILES string of the molecule is CCN(CC1C(C)CC(C)CC1O)c1ccccc1F. The first-order chi connectivity index (χ1) is 9.52. The molecule has 1 aliphatic carbocycles. The van der Waals surface area contributed by atoms with Crippen molar-refractivity contribution in [1.29, 1.82) is 0 Å². The Morgan fingerprint density at radius 2 is 1.95 bits per heavy atom. The van der Waals surface area contributed by atoms with Gasteiger partial charge in [-0.05, 0) is 43.7 Å². The number of hydrogen-bond acceptors (Lipinski definition) is 2.